The fraction of sp³-hybridized carbons (Fsp3) is 0.438. The standard InChI is InChI=1S/C16H15F6N3O3/c1-2-3-4-28-13-12(14(26)27)23-24-25(13)8-9-5-10(15(17,18)19)7-11(6-9)16(20,21)22/h5-7H,2-4,8H2,1H3,(H,26,27). The van der Waals surface area contributed by atoms with Gasteiger partial charge in [0.05, 0.1) is 24.3 Å². The average molecular weight is 411 g/mol. The molecule has 2 aromatic rings. The number of alkyl halides is 6. The van der Waals surface area contributed by atoms with Gasteiger partial charge in [-0.1, -0.05) is 18.6 Å². The van der Waals surface area contributed by atoms with E-state index in [1.165, 1.54) is 0 Å². The van der Waals surface area contributed by atoms with Gasteiger partial charge >= 0.3 is 18.3 Å². The third-order valence-corrected chi connectivity index (χ3v) is 3.61. The Morgan fingerprint density at radius 2 is 1.68 bits per heavy atom. The van der Waals surface area contributed by atoms with E-state index >= 15 is 0 Å². The lowest BCUT2D eigenvalue weighted by atomic mass is 10.0. The molecular formula is C16H15F6N3O3. The largest absolute Gasteiger partial charge is 0.476 e. The molecule has 12 heteroatoms. The molecule has 1 N–H and O–H groups in total. The third-order valence-electron chi connectivity index (χ3n) is 3.61. The monoisotopic (exact) mass is 411 g/mol. The quantitative estimate of drug-likeness (QED) is 0.545. The van der Waals surface area contributed by atoms with Gasteiger partial charge in [-0.15, -0.1) is 5.10 Å². The predicted octanol–water partition coefficient (Wildman–Crippen LogP) is 4.24. The number of unbranched alkanes of at least 4 members (excludes halogenated alkanes) is 1. The van der Waals surface area contributed by atoms with Crippen LogP contribution in [0.3, 0.4) is 0 Å². The second-order valence-corrected chi connectivity index (χ2v) is 5.82. The Kier molecular flexibility index (Phi) is 6.20. The molecule has 0 radical (unpaired) electrons. The fourth-order valence-electron chi connectivity index (χ4n) is 2.28. The summed E-state index contributed by atoms with van der Waals surface area (Å²) in [5.41, 5.74) is -3.93. The minimum absolute atomic E-state index is 0.00613. The van der Waals surface area contributed by atoms with Gasteiger partial charge in [0.2, 0.25) is 11.6 Å². The highest BCUT2D eigenvalue weighted by Crippen LogP contribution is 2.36. The summed E-state index contributed by atoms with van der Waals surface area (Å²) in [4.78, 5) is 11.2. The molecule has 0 bridgehead atoms. The number of hydrogen-bond donors (Lipinski definition) is 1. The van der Waals surface area contributed by atoms with Crippen LogP contribution < -0.4 is 4.74 Å². The number of carboxylic acid groups (broad SMARTS) is 1. The summed E-state index contributed by atoms with van der Waals surface area (Å²) in [7, 11) is 0. The molecule has 154 valence electrons. The first kappa shape index (κ1) is 21.5. The van der Waals surface area contributed by atoms with Crippen LogP contribution in [-0.4, -0.2) is 32.7 Å². The van der Waals surface area contributed by atoms with Gasteiger partial charge in [0.1, 0.15) is 0 Å². The van der Waals surface area contributed by atoms with Crippen molar-refractivity contribution in [2.24, 2.45) is 0 Å². The zero-order valence-electron chi connectivity index (χ0n) is 14.4. The molecule has 0 fully saturated rings. The smallest absolute Gasteiger partial charge is 0.416 e. The lowest BCUT2D eigenvalue weighted by Crippen LogP contribution is -2.14. The van der Waals surface area contributed by atoms with Gasteiger partial charge in [-0.3, -0.25) is 0 Å². The van der Waals surface area contributed by atoms with Gasteiger partial charge in [0.25, 0.3) is 0 Å². The fourth-order valence-corrected chi connectivity index (χ4v) is 2.28. The summed E-state index contributed by atoms with van der Waals surface area (Å²) in [6.45, 7) is 1.34. The van der Waals surface area contributed by atoms with Crippen molar-refractivity contribution in [3.8, 4) is 5.88 Å². The maximum absolute atomic E-state index is 13.0. The Balaban J connectivity index is 2.45. The van der Waals surface area contributed by atoms with Crippen molar-refractivity contribution in [1.82, 2.24) is 15.0 Å². The molecular weight excluding hydrogens is 396 g/mol. The Labute approximate surface area is 154 Å². The molecule has 1 aromatic carbocycles. The zero-order valence-corrected chi connectivity index (χ0v) is 14.4. The number of rotatable bonds is 7. The summed E-state index contributed by atoms with van der Waals surface area (Å²) in [6.07, 6.45) is -8.73. The van der Waals surface area contributed by atoms with Gasteiger partial charge in [-0.2, -0.15) is 26.3 Å². The molecule has 0 amide bonds. The molecule has 0 saturated heterocycles. The van der Waals surface area contributed by atoms with Crippen LogP contribution in [0.4, 0.5) is 26.3 Å². The van der Waals surface area contributed by atoms with Gasteiger partial charge in [0, 0.05) is 0 Å². The van der Waals surface area contributed by atoms with E-state index in [9.17, 15) is 31.1 Å². The molecule has 28 heavy (non-hydrogen) atoms. The van der Waals surface area contributed by atoms with Crippen molar-refractivity contribution in [2.45, 2.75) is 38.7 Å². The number of aromatic carboxylic acids is 1. The highest BCUT2D eigenvalue weighted by molar-refractivity contribution is 5.87. The SMILES string of the molecule is CCCCOc1c(C(=O)O)nnn1Cc1cc(C(F)(F)F)cc(C(F)(F)F)c1. The van der Waals surface area contributed by atoms with Crippen LogP contribution in [0.1, 0.15) is 46.9 Å². The van der Waals surface area contributed by atoms with Crippen LogP contribution in [-0.2, 0) is 18.9 Å². The normalized spacial score (nSPS) is 12.2. The summed E-state index contributed by atoms with van der Waals surface area (Å²) in [5, 5.41) is 16.0. The molecule has 2 rings (SSSR count). The number of hydrogen-bond acceptors (Lipinski definition) is 4. The topological polar surface area (TPSA) is 77.2 Å². The van der Waals surface area contributed by atoms with Crippen molar-refractivity contribution in [2.75, 3.05) is 6.61 Å². The number of benzene rings is 1. The van der Waals surface area contributed by atoms with Crippen molar-refractivity contribution in [3.63, 3.8) is 0 Å². The Morgan fingerprint density at radius 3 is 2.14 bits per heavy atom. The van der Waals surface area contributed by atoms with Gasteiger partial charge in [-0.25, -0.2) is 9.48 Å². The minimum Gasteiger partial charge on any atom is -0.476 e. The van der Waals surface area contributed by atoms with Crippen LogP contribution in [0.15, 0.2) is 18.2 Å². The first-order valence-electron chi connectivity index (χ1n) is 8.01. The number of halogens is 6. The lowest BCUT2D eigenvalue weighted by Gasteiger charge is -2.15. The summed E-state index contributed by atoms with van der Waals surface area (Å²) in [6, 6.07) is 1.08. The zero-order chi connectivity index (χ0) is 21.1. The Hall–Kier alpha value is -2.79. The molecule has 1 aromatic heterocycles. The number of ether oxygens (including phenoxy) is 1. The average Bonchev–Trinajstić information content (AvgIpc) is 2.96. The molecule has 0 unspecified atom stereocenters. The molecule has 0 aliphatic rings. The van der Waals surface area contributed by atoms with Crippen LogP contribution in [0.25, 0.3) is 0 Å². The molecule has 0 saturated carbocycles. The number of aromatic nitrogens is 3. The Bertz CT molecular complexity index is 813. The van der Waals surface area contributed by atoms with Crippen LogP contribution in [0, 0.1) is 0 Å². The second kappa shape index (κ2) is 8.07. The summed E-state index contributed by atoms with van der Waals surface area (Å²) < 4.78 is 83.9. The molecule has 6 nitrogen and oxygen atoms in total. The van der Waals surface area contributed by atoms with Crippen molar-refractivity contribution in [3.05, 3.63) is 40.6 Å². The lowest BCUT2D eigenvalue weighted by molar-refractivity contribution is -0.143. The van der Waals surface area contributed by atoms with E-state index < -0.39 is 41.7 Å². The van der Waals surface area contributed by atoms with E-state index in [1.54, 1.807) is 0 Å². The maximum atomic E-state index is 13.0. The van der Waals surface area contributed by atoms with E-state index in [0.29, 0.717) is 25.0 Å². The molecule has 1 heterocycles. The van der Waals surface area contributed by atoms with E-state index in [0.717, 1.165) is 4.68 Å². The highest BCUT2D eigenvalue weighted by atomic mass is 19.4. The minimum atomic E-state index is -4.99. The summed E-state index contributed by atoms with van der Waals surface area (Å²) >= 11 is 0. The Morgan fingerprint density at radius 1 is 1.11 bits per heavy atom. The van der Waals surface area contributed by atoms with E-state index in [4.69, 9.17) is 9.84 Å². The molecule has 0 spiro atoms. The highest BCUT2D eigenvalue weighted by Gasteiger charge is 2.37. The maximum Gasteiger partial charge on any atom is 0.416 e. The first-order valence-corrected chi connectivity index (χ1v) is 8.01. The van der Waals surface area contributed by atoms with Crippen molar-refractivity contribution in [1.29, 1.82) is 0 Å². The number of carbonyl (C=O) groups is 1. The molecule has 0 atom stereocenters. The van der Waals surface area contributed by atoms with Crippen molar-refractivity contribution < 1.29 is 41.0 Å². The molecule has 0 aliphatic heterocycles. The first-order chi connectivity index (χ1) is 12.9. The number of nitrogens with zero attached hydrogens (tertiary/aromatic N) is 3. The van der Waals surface area contributed by atoms with Gasteiger partial charge in [0.15, 0.2) is 0 Å². The third kappa shape index (κ3) is 5.14. The van der Waals surface area contributed by atoms with Gasteiger partial charge in [-0.05, 0) is 30.2 Å². The van der Waals surface area contributed by atoms with E-state index in [-0.39, 0.29) is 24.1 Å². The van der Waals surface area contributed by atoms with Crippen LogP contribution >= 0.6 is 0 Å². The second-order valence-electron chi connectivity index (χ2n) is 5.82. The van der Waals surface area contributed by atoms with E-state index in [1.807, 2.05) is 6.92 Å². The molecule has 0 aliphatic carbocycles. The van der Waals surface area contributed by atoms with Crippen LogP contribution in [0.2, 0.25) is 0 Å². The van der Waals surface area contributed by atoms with Crippen LogP contribution in [0.5, 0.6) is 5.88 Å². The van der Waals surface area contributed by atoms with Gasteiger partial charge < -0.3 is 9.84 Å². The van der Waals surface area contributed by atoms with Crippen molar-refractivity contribution >= 4 is 5.97 Å². The predicted molar refractivity (Wildman–Crippen MR) is 82.9 cm³/mol. The summed E-state index contributed by atoms with van der Waals surface area (Å²) in [5.74, 6) is -1.83. The van der Waals surface area contributed by atoms with E-state index in [2.05, 4.69) is 10.3 Å². The number of carboxylic acids is 1.